The zero-order valence-electron chi connectivity index (χ0n) is 13.9. The Balaban J connectivity index is 1.34. The van der Waals surface area contributed by atoms with E-state index < -0.39 is 0 Å². The molecule has 4 heterocycles. The van der Waals surface area contributed by atoms with Crippen molar-refractivity contribution in [3.8, 4) is 0 Å². The second-order valence-electron chi connectivity index (χ2n) is 6.63. The van der Waals surface area contributed by atoms with Gasteiger partial charge in [-0.1, -0.05) is 6.07 Å². The summed E-state index contributed by atoms with van der Waals surface area (Å²) in [7, 11) is 0. The quantitative estimate of drug-likeness (QED) is 0.919. The van der Waals surface area contributed by atoms with E-state index >= 15 is 0 Å². The summed E-state index contributed by atoms with van der Waals surface area (Å²) in [6.45, 7) is 4.02. The molecule has 0 aliphatic carbocycles. The smallest absolute Gasteiger partial charge is 0.237 e. The number of amides is 1. The van der Waals surface area contributed by atoms with Crippen LogP contribution in [0.4, 0.5) is 0 Å². The first-order valence-electron chi connectivity index (χ1n) is 8.67. The molecule has 2 aliphatic rings. The number of likely N-dealkylation sites (tertiary alicyclic amines) is 1. The van der Waals surface area contributed by atoms with Crippen molar-refractivity contribution in [1.82, 2.24) is 25.0 Å². The molecule has 0 saturated carbocycles. The van der Waals surface area contributed by atoms with Crippen LogP contribution in [0.2, 0.25) is 0 Å². The van der Waals surface area contributed by atoms with E-state index in [4.69, 9.17) is 0 Å². The third-order valence-electron chi connectivity index (χ3n) is 4.95. The molecule has 0 bridgehead atoms. The van der Waals surface area contributed by atoms with Crippen LogP contribution in [0.5, 0.6) is 0 Å². The van der Waals surface area contributed by atoms with E-state index in [0.717, 1.165) is 50.4 Å². The van der Waals surface area contributed by atoms with Crippen LogP contribution in [-0.4, -0.2) is 44.7 Å². The minimum Gasteiger partial charge on any atom is -0.334 e. The van der Waals surface area contributed by atoms with Gasteiger partial charge in [0.25, 0.3) is 0 Å². The molecule has 0 aromatic carbocycles. The van der Waals surface area contributed by atoms with Gasteiger partial charge >= 0.3 is 0 Å². The van der Waals surface area contributed by atoms with Crippen LogP contribution in [0.3, 0.4) is 0 Å². The van der Waals surface area contributed by atoms with E-state index in [9.17, 15) is 4.79 Å². The summed E-state index contributed by atoms with van der Waals surface area (Å²) in [4.78, 5) is 20.5. The summed E-state index contributed by atoms with van der Waals surface area (Å²) in [5.74, 6) is 2.11. The molecular formula is C17H23N5OS. The van der Waals surface area contributed by atoms with E-state index in [1.54, 1.807) is 11.3 Å². The molecule has 128 valence electrons. The number of carbonyl (C=O) groups is 1. The molecule has 0 spiro atoms. The minimum absolute atomic E-state index is 0.214. The number of carbonyl (C=O) groups excluding carboxylic acids is 1. The summed E-state index contributed by atoms with van der Waals surface area (Å²) in [5, 5.41) is 9.95. The predicted molar refractivity (Wildman–Crippen MR) is 92.9 cm³/mol. The minimum atomic E-state index is 0.214. The van der Waals surface area contributed by atoms with Gasteiger partial charge in [0.15, 0.2) is 0 Å². The van der Waals surface area contributed by atoms with E-state index in [2.05, 4.69) is 32.9 Å². The van der Waals surface area contributed by atoms with Crippen LogP contribution in [-0.2, 0) is 17.8 Å². The Bertz CT molecular complexity index is 711. The number of thiophene rings is 1. The summed E-state index contributed by atoms with van der Waals surface area (Å²) >= 11 is 1.75. The molecule has 1 N–H and O–H groups in total. The van der Waals surface area contributed by atoms with Crippen molar-refractivity contribution < 1.29 is 4.79 Å². The van der Waals surface area contributed by atoms with Crippen LogP contribution in [0, 0.1) is 6.92 Å². The number of nitrogens with one attached hydrogen (secondary N) is 1. The molecule has 2 aliphatic heterocycles. The lowest BCUT2D eigenvalue weighted by atomic mass is 10.1. The van der Waals surface area contributed by atoms with Crippen molar-refractivity contribution >= 4 is 17.2 Å². The molecule has 7 heteroatoms. The Morgan fingerprint density at radius 1 is 1.46 bits per heavy atom. The lowest BCUT2D eigenvalue weighted by Gasteiger charge is -2.27. The van der Waals surface area contributed by atoms with Gasteiger partial charge in [0.2, 0.25) is 5.91 Å². The number of nitrogens with zero attached hydrogens (tertiary/aromatic N) is 4. The molecule has 1 saturated heterocycles. The first-order chi connectivity index (χ1) is 11.7. The molecule has 0 unspecified atom stereocenters. The van der Waals surface area contributed by atoms with Gasteiger partial charge in [0.1, 0.15) is 11.6 Å². The van der Waals surface area contributed by atoms with Crippen molar-refractivity contribution in [1.29, 1.82) is 0 Å². The van der Waals surface area contributed by atoms with Crippen LogP contribution in [0.1, 0.15) is 41.8 Å². The number of rotatable bonds is 4. The highest BCUT2D eigenvalue weighted by Crippen LogP contribution is 2.34. The first-order valence-corrected chi connectivity index (χ1v) is 9.55. The number of aryl methyl sites for hydroxylation is 2. The van der Waals surface area contributed by atoms with Gasteiger partial charge in [-0.3, -0.25) is 4.79 Å². The van der Waals surface area contributed by atoms with Gasteiger partial charge in [-0.25, -0.2) is 9.67 Å². The third kappa shape index (κ3) is 3.10. The fourth-order valence-corrected chi connectivity index (χ4v) is 4.65. The zero-order chi connectivity index (χ0) is 16.5. The molecule has 6 nitrogen and oxygen atoms in total. The lowest BCUT2D eigenvalue weighted by molar-refractivity contribution is -0.131. The molecule has 4 rings (SSSR count). The summed E-state index contributed by atoms with van der Waals surface area (Å²) < 4.78 is 1.98. The normalized spacial score (nSPS) is 23.5. The van der Waals surface area contributed by atoms with Crippen molar-refractivity contribution in [2.45, 2.75) is 51.2 Å². The maximum absolute atomic E-state index is 12.7. The maximum Gasteiger partial charge on any atom is 0.237 e. The third-order valence-corrected chi connectivity index (χ3v) is 5.92. The van der Waals surface area contributed by atoms with Gasteiger partial charge in [-0.05, 0) is 37.6 Å². The van der Waals surface area contributed by atoms with Crippen LogP contribution < -0.4 is 5.32 Å². The Hall–Kier alpha value is -1.73. The molecular weight excluding hydrogens is 322 g/mol. The molecule has 1 amide bonds. The second-order valence-corrected chi connectivity index (χ2v) is 7.61. The van der Waals surface area contributed by atoms with E-state index in [1.807, 2.05) is 16.5 Å². The Morgan fingerprint density at radius 2 is 2.38 bits per heavy atom. The molecule has 2 atom stereocenters. The van der Waals surface area contributed by atoms with Gasteiger partial charge in [-0.15, -0.1) is 11.3 Å². The fraction of sp³-hybridized carbons (Fsp3) is 0.588. The molecule has 0 radical (unpaired) electrons. The number of hydrogen-bond donors (Lipinski definition) is 1. The lowest BCUT2D eigenvalue weighted by Crippen LogP contribution is -2.44. The molecule has 2 aromatic heterocycles. The van der Waals surface area contributed by atoms with Crippen LogP contribution in [0.25, 0.3) is 0 Å². The standard InChI is InChI=1S/C17H23N5OS/c1-12-19-16-7-6-13(11-22(16)20-12)18-10-17(23)21-8-2-4-14(21)15-5-3-9-24-15/h3,5,9,13-14,18H,2,4,6-8,10-11H2,1H3/t13-,14-/m1/s1. The number of fused-ring (bicyclic) bond motifs is 1. The Kier molecular flexibility index (Phi) is 4.37. The molecule has 1 fully saturated rings. The predicted octanol–water partition coefficient (Wildman–Crippen LogP) is 1.92. The van der Waals surface area contributed by atoms with E-state index in [-0.39, 0.29) is 11.9 Å². The topological polar surface area (TPSA) is 63.1 Å². The van der Waals surface area contributed by atoms with E-state index in [0.29, 0.717) is 12.6 Å². The second kappa shape index (κ2) is 6.64. The average Bonchev–Trinajstić information content (AvgIpc) is 3.30. The van der Waals surface area contributed by atoms with Crippen molar-refractivity contribution in [2.75, 3.05) is 13.1 Å². The van der Waals surface area contributed by atoms with Gasteiger partial charge in [-0.2, -0.15) is 5.10 Å². The summed E-state index contributed by atoms with van der Waals surface area (Å²) in [6.07, 6.45) is 4.12. The van der Waals surface area contributed by atoms with Gasteiger partial charge in [0.05, 0.1) is 19.1 Å². The molecule has 24 heavy (non-hydrogen) atoms. The van der Waals surface area contributed by atoms with Crippen molar-refractivity contribution in [3.63, 3.8) is 0 Å². The summed E-state index contributed by atoms with van der Waals surface area (Å²) in [5.41, 5.74) is 0. The van der Waals surface area contributed by atoms with Crippen molar-refractivity contribution in [3.05, 3.63) is 34.0 Å². The number of aromatic nitrogens is 3. The fourth-order valence-electron chi connectivity index (χ4n) is 3.78. The SMILES string of the molecule is Cc1nc2n(n1)C[C@H](NCC(=O)N1CCC[C@@H]1c1cccs1)CC2. The van der Waals surface area contributed by atoms with Crippen LogP contribution >= 0.6 is 11.3 Å². The molecule has 2 aromatic rings. The largest absolute Gasteiger partial charge is 0.334 e. The van der Waals surface area contributed by atoms with Gasteiger partial charge in [0, 0.05) is 23.9 Å². The Labute approximate surface area is 145 Å². The monoisotopic (exact) mass is 345 g/mol. The average molecular weight is 345 g/mol. The first kappa shape index (κ1) is 15.8. The van der Waals surface area contributed by atoms with Gasteiger partial charge < -0.3 is 10.2 Å². The Morgan fingerprint density at radius 3 is 3.21 bits per heavy atom. The highest BCUT2D eigenvalue weighted by Gasteiger charge is 2.31. The highest BCUT2D eigenvalue weighted by molar-refractivity contribution is 7.10. The highest BCUT2D eigenvalue weighted by atomic mass is 32.1. The summed E-state index contributed by atoms with van der Waals surface area (Å²) in [6, 6.07) is 4.78. The maximum atomic E-state index is 12.7. The zero-order valence-corrected chi connectivity index (χ0v) is 14.8. The number of hydrogen-bond acceptors (Lipinski definition) is 5. The van der Waals surface area contributed by atoms with Crippen molar-refractivity contribution in [2.24, 2.45) is 0 Å². The van der Waals surface area contributed by atoms with E-state index in [1.165, 1.54) is 4.88 Å². The van der Waals surface area contributed by atoms with Crippen LogP contribution in [0.15, 0.2) is 17.5 Å².